The quantitative estimate of drug-likeness (QED) is 0.182. The summed E-state index contributed by atoms with van der Waals surface area (Å²) in [6, 6.07) is 17.2. The summed E-state index contributed by atoms with van der Waals surface area (Å²) >= 11 is 0. The van der Waals surface area contributed by atoms with Crippen LogP contribution in [-0.2, 0) is 12.7 Å². The Labute approximate surface area is 209 Å². The van der Waals surface area contributed by atoms with Crippen LogP contribution in [0.2, 0.25) is 0 Å². The average Bonchev–Trinajstić information content (AvgIpc) is 2.85. The third-order valence-electron chi connectivity index (χ3n) is 5.83. The second-order valence-electron chi connectivity index (χ2n) is 8.62. The molecule has 0 aromatic heterocycles. The van der Waals surface area contributed by atoms with Crippen molar-refractivity contribution in [2.45, 2.75) is 51.6 Å². The van der Waals surface area contributed by atoms with Crippen molar-refractivity contribution in [2.75, 3.05) is 11.4 Å². The van der Waals surface area contributed by atoms with Crippen LogP contribution in [0.5, 0.6) is 5.75 Å². The van der Waals surface area contributed by atoms with E-state index < -0.39 is 18.0 Å². The summed E-state index contributed by atoms with van der Waals surface area (Å²) < 4.78 is 38.1. The lowest BCUT2D eigenvalue weighted by molar-refractivity contribution is -0.137. The number of nitrogens with zero attached hydrogens (tertiary/aromatic N) is 1. The number of anilines is 1. The molecule has 190 valence electrons. The van der Waals surface area contributed by atoms with Gasteiger partial charge >= 0.3 is 6.18 Å². The Morgan fingerprint density at radius 3 is 2.00 bits per heavy atom. The number of rotatable bonds is 9. The number of hydrogen-bond acceptors (Lipinski definition) is 4. The Morgan fingerprint density at radius 1 is 0.833 bits per heavy atom. The Balaban J connectivity index is 1.74. The predicted molar refractivity (Wildman–Crippen MR) is 134 cm³/mol. The molecule has 0 aliphatic rings. The fourth-order valence-corrected chi connectivity index (χ4v) is 3.78. The minimum atomic E-state index is -4.37. The number of benzene rings is 3. The van der Waals surface area contributed by atoms with Gasteiger partial charge < -0.3 is 20.2 Å². The molecule has 0 unspecified atom stereocenters. The topological polar surface area (TPSA) is 63.9 Å². The summed E-state index contributed by atoms with van der Waals surface area (Å²) in [5.41, 5.74) is 2.39. The first kappa shape index (κ1) is 27.1. The lowest BCUT2D eigenvalue weighted by Gasteiger charge is -2.26. The number of halogens is 3. The molecule has 0 saturated heterocycles. The van der Waals surface area contributed by atoms with Gasteiger partial charge in [0.15, 0.2) is 6.29 Å². The summed E-state index contributed by atoms with van der Waals surface area (Å²) in [6.07, 6.45) is -1.83. The molecule has 4 nitrogen and oxygen atoms in total. The average molecular weight is 498 g/mol. The summed E-state index contributed by atoms with van der Waals surface area (Å²) in [7, 11) is 0. The van der Waals surface area contributed by atoms with Crippen LogP contribution in [0.4, 0.5) is 18.9 Å². The van der Waals surface area contributed by atoms with Crippen molar-refractivity contribution in [3.05, 3.63) is 94.5 Å². The van der Waals surface area contributed by atoms with Crippen LogP contribution in [0.3, 0.4) is 0 Å². The molecule has 0 bridgehead atoms. The third-order valence-corrected chi connectivity index (χ3v) is 5.83. The van der Waals surface area contributed by atoms with E-state index in [1.165, 1.54) is 18.2 Å². The van der Waals surface area contributed by atoms with E-state index in [1.54, 1.807) is 12.1 Å². The molecule has 0 atom stereocenters. The molecule has 0 saturated carbocycles. The lowest BCUT2D eigenvalue weighted by atomic mass is 10.1. The normalized spacial score (nSPS) is 11.3. The Hall–Kier alpha value is -3.47. The molecule has 0 heterocycles. The van der Waals surface area contributed by atoms with E-state index in [-0.39, 0.29) is 11.3 Å². The van der Waals surface area contributed by atoms with Crippen LogP contribution in [0.1, 0.15) is 66.7 Å². The zero-order valence-electron chi connectivity index (χ0n) is 20.1. The molecule has 3 rings (SSSR count). The monoisotopic (exact) mass is 497 g/mol. The molecule has 3 aromatic rings. The van der Waals surface area contributed by atoms with Gasteiger partial charge in [0.05, 0.1) is 11.1 Å². The van der Waals surface area contributed by atoms with E-state index in [1.807, 2.05) is 24.3 Å². The van der Waals surface area contributed by atoms with Crippen molar-refractivity contribution < 1.29 is 28.5 Å². The van der Waals surface area contributed by atoms with Gasteiger partial charge in [0.25, 0.3) is 0 Å². The van der Waals surface area contributed by atoms with E-state index in [0.717, 1.165) is 61.2 Å². The van der Waals surface area contributed by atoms with E-state index in [2.05, 4.69) is 23.7 Å². The van der Waals surface area contributed by atoms with Crippen molar-refractivity contribution >= 4 is 5.69 Å². The lowest BCUT2D eigenvalue weighted by Crippen LogP contribution is -2.24. The molecule has 3 N–H and O–H groups in total. The Bertz CT molecular complexity index is 1180. The summed E-state index contributed by atoms with van der Waals surface area (Å²) in [5, 5.41) is 29.1. The van der Waals surface area contributed by atoms with Gasteiger partial charge in [-0.1, -0.05) is 50.2 Å². The maximum absolute atomic E-state index is 12.7. The zero-order chi connectivity index (χ0) is 26.1. The molecule has 7 heteroatoms. The minimum Gasteiger partial charge on any atom is -0.507 e. The van der Waals surface area contributed by atoms with Crippen molar-refractivity contribution in [1.82, 2.24) is 0 Å². The summed E-state index contributed by atoms with van der Waals surface area (Å²) in [4.78, 5) is 2.13. The van der Waals surface area contributed by atoms with Gasteiger partial charge in [0.2, 0.25) is 0 Å². The highest BCUT2D eigenvalue weighted by molar-refractivity contribution is 5.54. The predicted octanol–water partition coefficient (Wildman–Crippen LogP) is 6.38. The number of aromatic hydroxyl groups is 1. The van der Waals surface area contributed by atoms with Crippen LogP contribution in [0.25, 0.3) is 0 Å². The van der Waals surface area contributed by atoms with Crippen LogP contribution in [0.15, 0.2) is 66.7 Å². The van der Waals surface area contributed by atoms with Crippen LogP contribution >= 0.6 is 0 Å². The third kappa shape index (κ3) is 7.77. The molecule has 0 amide bonds. The number of aliphatic hydroxyl groups is 2. The standard InChI is InChI=1S/C29H30F3NO3/c1-2-3-4-5-18-33(25-16-17-27(34)26(19-25)28(35)36)20-23-10-8-21(9-11-23)6-7-22-12-14-24(15-13-22)29(30,31)32/h8-17,19,28,34-36H,2-5,18,20H2,1H3. The van der Waals surface area contributed by atoms with Crippen LogP contribution in [0, 0.1) is 11.8 Å². The molecule has 0 radical (unpaired) electrons. The van der Waals surface area contributed by atoms with Gasteiger partial charge in [-0.15, -0.1) is 0 Å². The Kier molecular flexibility index (Phi) is 9.40. The molecule has 3 aromatic carbocycles. The first-order chi connectivity index (χ1) is 17.2. The maximum atomic E-state index is 12.7. The van der Waals surface area contributed by atoms with E-state index >= 15 is 0 Å². The highest BCUT2D eigenvalue weighted by Crippen LogP contribution is 2.30. The zero-order valence-corrected chi connectivity index (χ0v) is 20.1. The van der Waals surface area contributed by atoms with Crippen molar-refractivity contribution in [1.29, 1.82) is 0 Å². The van der Waals surface area contributed by atoms with Crippen molar-refractivity contribution in [2.24, 2.45) is 0 Å². The fourth-order valence-electron chi connectivity index (χ4n) is 3.78. The van der Waals surface area contributed by atoms with Crippen LogP contribution < -0.4 is 4.90 Å². The van der Waals surface area contributed by atoms with Crippen molar-refractivity contribution in [3.63, 3.8) is 0 Å². The van der Waals surface area contributed by atoms with E-state index in [4.69, 9.17) is 0 Å². The SMILES string of the molecule is CCCCCCN(Cc1ccc(C#Cc2ccc(C(F)(F)F)cc2)cc1)c1ccc(O)c(C(O)O)c1. The largest absolute Gasteiger partial charge is 0.507 e. The number of aliphatic hydroxyl groups excluding tert-OH is 1. The second-order valence-corrected chi connectivity index (χ2v) is 8.62. The smallest absolute Gasteiger partial charge is 0.416 e. The van der Waals surface area contributed by atoms with E-state index in [0.29, 0.717) is 12.1 Å². The van der Waals surface area contributed by atoms with Gasteiger partial charge in [0, 0.05) is 29.9 Å². The molecular weight excluding hydrogens is 467 g/mol. The molecule has 0 aliphatic carbocycles. The molecule has 0 fully saturated rings. The fraction of sp³-hybridized carbons (Fsp3) is 0.310. The number of phenolic OH excluding ortho intramolecular Hbond substituents is 1. The highest BCUT2D eigenvalue weighted by Gasteiger charge is 2.29. The number of alkyl halides is 3. The van der Waals surface area contributed by atoms with Gasteiger partial charge in [-0.2, -0.15) is 13.2 Å². The number of unbranched alkanes of at least 4 members (excludes halogenated alkanes) is 3. The Morgan fingerprint density at radius 2 is 1.44 bits per heavy atom. The first-order valence-corrected chi connectivity index (χ1v) is 11.9. The molecular formula is C29H30F3NO3. The van der Waals surface area contributed by atoms with Gasteiger partial charge in [-0.3, -0.25) is 0 Å². The maximum Gasteiger partial charge on any atom is 0.416 e. The van der Waals surface area contributed by atoms with Gasteiger partial charge in [-0.25, -0.2) is 0 Å². The first-order valence-electron chi connectivity index (χ1n) is 11.9. The van der Waals surface area contributed by atoms with Gasteiger partial charge in [-0.05, 0) is 66.6 Å². The van der Waals surface area contributed by atoms with Gasteiger partial charge in [0.1, 0.15) is 5.75 Å². The summed E-state index contributed by atoms with van der Waals surface area (Å²) in [5.74, 6) is 5.70. The summed E-state index contributed by atoms with van der Waals surface area (Å²) in [6.45, 7) is 3.49. The number of hydrogen-bond donors (Lipinski definition) is 3. The van der Waals surface area contributed by atoms with Crippen molar-refractivity contribution in [3.8, 4) is 17.6 Å². The number of phenols is 1. The molecule has 0 aliphatic heterocycles. The van der Waals surface area contributed by atoms with Crippen LogP contribution in [-0.4, -0.2) is 21.9 Å². The minimum absolute atomic E-state index is 0.0555. The molecule has 36 heavy (non-hydrogen) atoms. The second kappa shape index (κ2) is 12.5. The highest BCUT2D eigenvalue weighted by atomic mass is 19.4. The molecule has 0 spiro atoms. The van der Waals surface area contributed by atoms with E-state index in [9.17, 15) is 28.5 Å².